The molecule has 0 radical (unpaired) electrons. The average molecular weight is 901 g/mol. The van der Waals surface area contributed by atoms with Crippen LogP contribution in [0.1, 0.15) is 251 Å². The molecule has 2 atom stereocenters. The Morgan fingerprint density at radius 1 is 0.385 bits per heavy atom. The number of allylic oxidation sites excluding steroid dienone is 17. The predicted molar refractivity (Wildman–Crippen MR) is 289 cm³/mol. The van der Waals surface area contributed by atoms with Crippen LogP contribution in [0.25, 0.3) is 0 Å². The highest BCUT2D eigenvalue weighted by Crippen LogP contribution is 2.15. The predicted octanol–water partition coefficient (Wildman–Crippen LogP) is 18.3. The van der Waals surface area contributed by atoms with Gasteiger partial charge in [0.15, 0.2) is 0 Å². The molecule has 0 saturated heterocycles. The highest BCUT2D eigenvalue weighted by molar-refractivity contribution is 5.76. The zero-order chi connectivity index (χ0) is 47.0. The molecule has 0 bridgehead atoms. The summed E-state index contributed by atoms with van der Waals surface area (Å²) < 4.78 is 0. The molecular weight excluding hydrogens is 795 g/mol. The fourth-order valence-electron chi connectivity index (χ4n) is 7.82. The van der Waals surface area contributed by atoms with Crippen molar-refractivity contribution in [2.45, 2.75) is 264 Å². The van der Waals surface area contributed by atoms with Crippen LogP contribution < -0.4 is 5.32 Å². The van der Waals surface area contributed by atoms with Crippen LogP contribution in [0.2, 0.25) is 0 Å². The Balaban J connectivity index is 3.58. The Morgan fingerprint density at radius 2 is 0.692 bits per heavy atom. The quantitative estimate of drug-likeness (QED) is 0.0421. The van der Waals surface area contributed by atoms with Gasteiger partial charge in [-0.1, -0.05) is 264 Å². The molecule has 3 N–H and O–H groups in total. The third-order valence-electron chi connectivity index (χ3n) is 12.0. The maximum atomic E-state index is 12.5. The molecule has 0 aliphatic rings. The van der Waals surface area contributed by atoms with E-state index in [1.54, 1.807) is 6.08 Å². The standard InChI is InChI=1S/C61H105NO3/c1-3-5-7-9-11-13-15-17-19-21-23-24-25-26-27-28-29-30-31-32-33-34-35-36-37-38-39-41-43-45-47-49-51-53-55-57-61(65)62-59(58-63)60(64)56-54-52-50-48-46-44-42-40-22-20-18-16-14-12-10-8-6-4-2/h5,7,11,13,17,19,23-24,26-27,29-30,32-33,46,48,54,56,59-60,63-64H,3-4,6,8-10,12,14-16,18,20-22,25,28,31,34-45,47,49-53,55,57-58H2,1-2H3,(H,62,65)/b7-5-,13-11-,19-17-,24-23-,27-26-,30-29-,33-32-,48-46+,56-54+. The minimum atomic E-state index is -0.869. The monoisotopic (exact) mass is 900 g/mol. The van der Waals surface area contributed by atoms with Gasteiger partial charge in [-0.05, 0) is 89.9 Å². The zero-order valence-electron chi connectivity index (χ0n) is 42.7. The summed E-state index contributed by atoms with van der Waals surface area (Å²) in [5.74, 6) is -0.0782. The van der Waals surface area contributed by atoms with Crippen molar-refractivity contribution < 1.29 is 15.0 Å². The fourth-order valence-corrected chi connectivity index (χ4v) is 7.82. The number of aliphatic hydroxyl groups is 2. The molecule has 4 heteroatoms. The molecule has 0 rings (SSSR count). The maximum absolute atomic E-state index is 12.5. The smallest absolute Gasteiger partial charge is 0.220 e. The first-order chi connectivity index (χ1) is 32.2. The van der Waals surface area contributed by atoms with Crippen molar-refractivity contribution in [1.29, 1.82) is 0 Å². The molecule has 0 aliphatic heterocycles. The summed E-state index contributed by atoms with van der Waals surface area (Å²) in [7, 11) is 0. The summed E-state index contributed by atoms with van der Waals surface area (Å²) in [6, 6.07) is -0.646. The van der Waals surface area contributed by atoms with Crippen LogP contribution in [0.4, 0.5) is 0 Å². The maximum Gasteiger partial charge on any atom is 0.220 e. The van der Waals surface area contributed by atoms with Crippen LogP contribution in [0, 0.1) is 0 Å². The minimum absolute atomic E-state index is 0.0782. The molecule has 0 fully saturated rings. The van der Waals surface area contributed by atoms with Gasteiger partial charge in [0.2, 0.25) is 5.91 Å². The number of aliphatic hydroxyl groups excluding tert-OH is 2. The van der Waals surface area contributed by atoms with Crippen LogP contribution in [0.5, 0.6) is 0 Å². The van der Waals surface area contributed by atoms with Gasteiger partial charge in [0.05, 0.1) is 18.8 Å². The number of nitrogens with one attached hydrogen (secondary N) is 1. The lowest BCUT2D eigenvalue weighted by Crippen LogP contribution is -2.45. The van der Waals surface area contributed by atoms with Crippen LogP contribution >= 0.6 is 0 Å². The summed E-state index contributed by atoms with van der Waals surface area (Å²) in [6.45, 7) is 4.18. The van der Waals surface area contributed by atoms with Crippen molar-refractivity contribution in [2.75, 3.05) is 6.61 Å². The molecular formula is C61H105NO3. The first-order valence-electron chi connectivity index (χ1n) is 27.6. The van der Waals surface area contributed by atoms with Crippen molar-refractivity contribution in [3.63, 3.8) is 0 Å². The molecule has 0 spiro atoms. The van der Waals surface area contributed by atoms with Crippen LogP contribution in [-0.4, -0.2) is 34.9 Å². The lowest BCUT2D eigenvalue weighted by Gasteiger charge is -2.19. The number of rotatable bonds is 49. The van der Waals surface area contributed by atoms with Crippen LogP contribution in [0.15, 0.2) is 109 Å². The highest BCUT2D eigenvalue weighted by atomic mass is 16.3. The van der Waals surface area contributed by atoms with Crippen molar-refractivity contribution in [3.05, 3.63) is 109 Å². The van der Waals surface area contributed by atoms with E-state index in [0.717, 1.165) is 77.0 Å². The second kappa shape index (κ2) is 55.4. The van der Waals surface area contributed by atoms with Crippen molar-refractivity contribution in [3.8, 4) is 0 Å². The van der Waals surface area contributed by atoms with E-state index in [2.05, 4.69) is 116 Å². The minimum Gasteiger partial charge on any atom is -0.394 e. The van der Waals surface area contributed by atoms with Gasteiger partial charge in [-0.15, -0.1) is 0 Å². The summed E-state index contributed by atoms with van der Waals surface area (Å²) in [5, 5.41) is 23.1. The Labute approximate surface area is 404 Å². The average Bonchev–Trinajstić information content (AvgIpc) is 3.31. The van der Waals surface area contributed by atoms with Crippen molar-refractivity contribution >= 4 is 5.91 Å². The van der Waals surface area contributed by atoms with E-state index in [1.165, 1.54) is 154 Å². The fraction of sp³-hybridized carbons (Fsp3) is 0.689. The Morgan fingerprint density at radius 3 is 1.08 bits per heavy atom. The number of carbonyl (C=O) groups excluding carboxylic acids is 1. The molecule has 65 heavy (non-hydrogen) atoms. The summed E-state index contributed by atoms with van der Waals surface area (Å²) in [4.78, 5) is 12.5. The molecule has 0 saturated carbocycles. The topological polar surface area (TPSA) is 69.6 Å². The second-order valence-corrected chi connectivity index (χ2v) is 18.3. The highest BCUT2D eigenvalue weighted by Gasteiger charge is 2.17. The summed E-state index contributed by atoms with van der Waals surface area (Å²) in [5.41, 5.74) is 0. The van der Waals surface area contributed by atoms with Crippen LogP contribution in [0.3, 0.4) is 0 Å². The Kier molecular flexibility index (Phi) is 52.9. The largest absolute Gasteiger partial charge is 0.394 e. The van der Waals surface area contributed by atoms with Crippen LogP contribution in [-0.2, 0) is 4.79 Å². The molecule has 372 valence electrons. The summed E-state index contributed by atoms with van der Waals surface area (Å²) in [6.07, 6.45) is 83.8. The Hall–Kier alpha value is -2.95. The van der Waals surface area contributed by atoms with E-state index >= 15 is 0 Å². The van der Waals surface area contributed by atoms with Crippen molar-refractivity contribution in [1.82, 2.24) is 5.32 Å². The van der Waals surface area contributed by atoms with E-state index in [4.69, 9.17) is 0 Å². The van der Waals surface area contributed by atoms with Gasteiger partial charge in [0, 0.05) is 6.42 Å². The molecule has 0 aromatic carbocycles. The molecule has 0 aliphatic carbocycles. The lowest BCUT2D eigenvalue weighted by molar-refractivity contribution is -0.123. The number of carbonyl (C=O) groups is 1. The van der Waals surface area contributed by atoms with E-state index < -0.39 is 12.1 Å². The number of unbranched alkanes of at least 4 members (excludes halogenated alkanes) is 26. The third-order valence-corrected chi connectivity index (χ3v) is 12.0. The normalized spacial score (nSPS) is 13.7. The first-order valence-corrected chi connectivity index (χ1v) is 27.6. The zero-order valence-corrected chi connectivity index (χ0v) is 42.7. The molecule has 0 heterocycles. The van der Waals surface area contributed by atoms with Gasteiger partial charge >= 0.3 is 0 Å². The number of hydrogen-bond donors (Lipinski definition) is 3. The Bertz CT molecular complexity index is 1250. The second-order valence-electron chi connectivity index (χ2n) is 18.3. The van der Waals surface area contributed by atoms with Gasteiger partial charge in [0.1, 0.15) is 0 Å². The van der Waals surface area contributed by atoms with Gasteiger partial charge in [-0.25, -0.2) is 0 Å². The molecule has 4 nitrogen and oxygen atoms in total. The first kappa shape index (κ1) is 62.1. The summed E-state index contributed by atoms with van der Waals surface area (Å²) >= 11 is 0. The number of amides is 1. The van der Waals surface area contributed by atoms with E-state index in [1.807, 2.05) is 6.08 Å². The third kappa shape index (κ3) is 51.9. The van der Waals surface area contributed by atoms with E-state index in [9.17, 15) is 15.0 Å². The van der Waals surface area contributed by atoms with E-state index in [-0.39, 0.29) is 12.5 Å². The van der Waals surface area contributed by atoms with Gasteiger partial charge in [-0.3, -0.25) is 4.79 Å². The SMILES string of the molecule is CC/C=C\C/C=C\C/C=C\C/C=C\C/C=C\C/C=C\C/C=C\CCCCCCCCCCCCCCCC(=O)NC(CO)C(O)/C=C/CC/C=C/CCCCCCCCCCCCCC. The molecule has 2 unspecified atom stereocenters. The molecule has 0 aromatic rings. The lowest BCUT2D eigenvalue weighted by atomic mass is 10.0. The van der Waals surface area contributed by atoms with E-state index in [0.29, 0.717) is 6.42 Å². The van der Waals surface area contributed by atoms with Gasteiger partial charge < -0.3 is 15.5 Å². The van der Waals surface area contributed by atoms with Crippen molar-refractivity contribution in [2.24, 2.45) is 0 Å². The van der Waals surface area contributed by atoms with Gasteiger partial charge in [0.25, 0.3) is 0 Å². The molecule has 0 aromatic heterocycles. The van der Waals surface area contributed by atoms with Gasteiger partial charge in [-0.2, -0.15) is 0 Å². The molecule has 1 amide bonds. The number of hydrogen-bond acceptors (Lipinski definition) is 3.